The third-order valence-electron chi connectivity index (χ3n) is 4.61. The third kappa shape index (κ3) is 5.20. The summed E-state index contributed by atoms with van der Waals surface area (Å²) in [6, 6.07) is 17.3. The number of aryl methyl sites for hydroxylation is 1. The fourth-order valence-corrected chi connectivity index (χ4v) is 3.10. The Morgan fingerprint density at radius 3 is 2.59 bits per heavy atom. The molecule has 0 fully saturated rings. The summed E-state index contributed by atoms with van der Waals surface area (Å²) in [5, 5.41) is 6.82. The third-order valence-corrected chi connectivity index (χ3v) is 4.61. The van der Waals surface area contributed by atoms with Crippen molar-refractivity contribution in [2.75, 3.05) is 0 Å². The Bertz CT molecular complexity index is 902. The second kappa shape index (κ2) is 9.03. The van der Waals surface area contributed by atoms with Gasteiger partial charge >= 0.3 is 0 Å². The number of fused-ring (bicyclic) bond motifs is 1. The molecule has 1 unspecified atom stereocenters. The lowest BCUT2D eigenvalue weighted by molar-refractivity contribution is -0.128. The van der Waals surface area contributed by atoms with E-state index in [0.29, 0.717) is 13.0 Å². The SMILES string of the molecule is CC(NC(=O)CCCc1c[nH]c2ccccc12)C(=O)NCc1ccccc1. The zero-order chi connectivity index (χ0) is 19.1. The van der Waals surface area contributed by atoms with E-state index in [4.69, 9.17) is 0 Å². The predicted octanol–water partition coefficient (Wildman–Crippen LogP) is 3.31. The molecule has 140 valence electrons. The quantitative estimate of drug-likeness (QED) is 0.574. The second-order valence-corrected chi connectivity index (χ2v) is 6.71. The van der Waals surface area contributed by atoms with E-state index in [1.165, 1.54) is 10.9 Å². The maximum absolute atomic E-state index is 12.1. The van der Waals surface area contributed by atoms with Crippen LogP contribution in [0.25, 0.3) is 10.9 Å². The number of nitrogens with one attached hydrogen (secondary N) is 3. The van der Waals surface area contributed by atoms with E-state index < -0.39 is 6.04 Å². The van der Waals surface area contributed by atoms with Gasteiger partial charge in [0.2, 0.25) is 11.8 Å². The van der Waals surface area contributed by atoms with Crippen molar-refractivity contribution in [3.63, 3.8) is 0 Å². The first kappa shape index (κ1) is 18.7. The molecule has 1 aromatic heterocycles. The summed E-state index contributed by atoms with van der Waals surface area (Å²) < 4.78 is 0. The van der Waals surface area contributed by atoms with E-state index in [0.717, 1.165) is 23.9 Å². The molecule has 2 amide bonds. The molecule has 3 rings (SSSR count). The van der Waals surface area contributed by atoms with Gasteiger partial charge in [-0.2, -0.15) is 0 Å². The van der Waals surface area contributed by atoms with Gasteiger partial charge < -0.3 is 15.6 Å². The van der Waals surface area contributed by atoms with Crippen molar-refractivity contribution in [3.05, 3.63) is 71.9 Å². The molecule has 27 heavy (non-hydrogen) atoms. The van der Waals surface area contributed by atoms with Gasteiger partial charge in [-0.15, -0.1) is 0 Å². The number of hydrogen-bond donors (Lipinski definition) is 3. The lowest BCUT2D eigenvalue weighted by Crippen LogP contribution is -2.44. The summed E-state index contributed by atoms with van der Waals surface area (Å²) in [5.41, 5.74) is 3.36. The maximum Gasteiger partial charge on any atom is 0.242 e. The minimum absolute atomic E-state index is 0.0998. The number of hydrogen-bond acceptors (Lipinski definition) is 2. The van der Waals surface area contributed by atoms with Gasteiger partial charge in [0.25, 0.3) is 0 Å². The molecule has 0 bridgehead atoms. The molecule has 0 radical (unpaired) electrons. The number of benzene rings is 2. The first-order valence-corrected chi connectivity index (χ1v) is 9.29. The Morgan fingerprint density at radius 2 is 1.78 bits per heavy atom. The Hall–Kier alpha value is -3.08. The van der Waals surface area contributed by atoms with Gasteiger partial charge in [-0.25, -0.2) is 0 Å². The van der Waals surface area contributed by atoms with Crippen molar-refractivity contribution >= 4 is 22.7 Å². The van der Waals surface area contributed by atoms with Crippen LogP contribution in [0.15, 0.2) is 60.8 Å². The molecule has 0 aliphatic heterocycles. The summed E-state index contributed by atoms with van der Waals surface area (Å²) in [7, 11) is 0. The molecule has 1 atom stereocenters. The van der Waals surface area contributed by atoms with Crippen molar-refractivity contribution in [3.8, 4) is 0 Å². The minimum Gasteiger partial charge on any atom is -0.361 e. The predicted molar refractivity (Wildman–Crippen MR) is 107 cm³/mol. The molecule has 0 aliphatic rings. The van der Waals surface area contributed by atoms with E-state index >= 15 is 0 Å². The molecular formula is C22H25N3O2. The first-order chi connectivity index (χ1) is 13.1. The highest BCUT2D eigenvalue weighted by molar-refractivity contribution is 5.87. The van der Waals surface area contributed by atoms with Crippen molar-refractivity contribution in [2.24, 2.45) is 0 Å². The highest BCUT2D eigenvalue weighted by atomic mass is 16.2. The van der Waals surface area contributed by atoms with Gasteiger partial charge in [0.15, 0.2) is 0 Å². The number of amides is 2. The van der Waals surface area contributed by atoms with Crippen molar-refractivity contribution in [1.29, 1.82) is 0 Å². The molecule has 3 aromatic rings. The van der Waals surface area contributed by atoms with E-state index in [1.807, 2.05) is 54.7 Å². The molecule has 5 heteroatoms. The largest absolute Gasteiger partial charge is 0.361 e. The topological polar surface area (TPSA) is 74.0 Å². The smallest absolute Gasteiger partial charge is 0.242 e. The number of aromatic amines is 1. The second-order valence-electron chi connectivity index (χ2n) is 6.71. The van der Waals surface area contributed by atoms with Crippen LogP contribution in [0.1, 0.15) is 30.9 Å². The van der Waals surface area contributed by atoms with Gasteiger partial charge in [-0.1, -0.05) is 48.5 Å². The number of carbonyl (C=O) groups is 2. The number of H-pyrrole nitrogens is 1. The zero-order valence-corrected chi connectivity index (χ0v) is 15.5. The lowest BCUT2D eigenvalue weighted by atomic mass is 10.1. The Labute approximate surface area is 159 Å². The van der Waals surface area contributed by atoms with Gasteiger partial charge in [-0.3, -0.25) is 9.59 Å². The van der Waals surface area contributed by atoms with Crippen LogP contribution in [0.4, 0.5) is 0 Å². The Balaban J connectivity index is 1.40. The highest BCUT2D eigenvalue weighted by Gasteiger charge is 2.15. The average Bonchev–Trinajstić information content (AvgIpc) is 3.10. The van der Waals surface area contributed by atoms with Crippen LogP contribution in [0.2, 0.25) is 0 Å². The first-order valence-electron chi connectivity index (χ1n) is 9.29. The summed E-state index contributed by atoms with van der Waals surface area (Å²) in [6.45, 7) is 2.17. The number of para-hydroxylation sites is 1. The Morgan fingerprint density at radius 1 is 1.04 bits per heavy atom. The van der Waals surface area contributed by atoms with Gasteiger partial charge in [0.05, 0.1) is 0 Å². The minimum atomic E-state index is -0.547. The van der Waals surface area contributed by atoms with E-state index in [9.17, 15) is 9.59 Å². The molecule has 1 heterocycles. The Kier molecular flexibility index (Phi) is 6.26. The van der Waals surface area contributed by atoms with Crippen LogP contribution in [0.3, 0.4) is 0 Å². The normalized spacial score (nSPS) is 11.9. The summed E-state index contributed by atoms with van der Waals surface area (Å²) in [4.78, 5) is 27.5. The van der Waals surface area contributed by atoms with Crippen molar-refractivity contribution < 1.29 is 9.59 Å². The molecule has 5 nitrogen and oxygen atoms in total. The van der Waals surface area contributed by atoms with Crippen LogP contribution in [0, 0.1) is 0 Å². The summed E-state index contributed by atoms with van der Waals surface area (Å²) >= 11 is 0. The van der Waals surface area contributed by atoms with Crippen LogP contribution >= 0.6 is 0 Å². The fourth-order valence-electron chi connectivity index (χ4n) is 3.10. The molecule has 0 aliphatic carbocycles. The molecular weight excluding hydrogens is 338 g/mol. The molecule has 0 saturated heterocycles. The number of carbonyl (C=O) groups excluding carboxylic acids is 2. The highest BCUT2D eigenvalue weighted by Crippen LogP contribution is 2.19. The van der Waals surface area contributed by atoms with Gasteiger partial charge in [-0.05, 0) is 37.0 Å². The fraction of sp³-hybridized carbons (Fsp3) is 0.273. The molecule has 3 N–H and O–H groups in total. The molecule has 2 aromatic carbocycles. The van der Waals surface area contributed by atoms with Crippen LogP contribution in [-0.2, 0) is 22.6 Å². The van der Waals surface area contributed by atoms with Crippen molar-refractivity contribution in [2.45, 2.75) is 38.8 Å². The number of rotatable bonds is 8. The van der Waals surface area contributed by atoms with Crippen LogP contribution in [0.5, 0.6) is 0 Å². The van der Waals surface area contributed by atoms with Crippen LogP contribution < -0.4 is 10.6 Å². The average molecular weight is 363 g/mol. The zero-order valence-electron chi connectivity index (χ0n) is 15.5. The van der Waals surface area contributed by atoms with E-state index in [1.54, 1.807) is 6.92 Å². The maximum atomic E-state index is 12.1. The van der Waals surface area contributed by atoms with Gasteiger partial charge in [0.1, 0.15) is 6.04 Å². The summed E-state index contributed by atoms with van der Waals surface area (Å²) in [5.74, 6) is -0.277. The van der Waals surface area contributed by atoms with E-state index in [-0.39, 0.29) is 11.8 Å². The molecule has 0 saturated carbocycles. The monoisotopic (exact) mass is 363 g/mol. The van der Waals surface area contributed by atoms with Crippen LogP contribution in [-0.4, -0.2) is 22.8 Å². The standard InChI is InChI=1S/C22H25N3O2/c1-16(22(27)24-14-17-8-3-2-4-9-17)25-21(26)13-7-10-18-15-23-20-12-6-5-11-19(18)20/h2-6,8-9,11-12,15-16,23H,7,10,13-14H2,1H3,(H,24,27)(H,25,26). The summed E-state index contributed by atoms with van der Waals surface area (Å²) in [6.07, 6.45) is 3.97. The van der Waals surface area contributed by atoms with E-state index in [2.05, 4.69) is 21.7 Å². The van der Waals surface area contributed by atoms with Crippen molar-refractivity contribution in [1.82, 2.24) is 15.6 Å². The lowest BCUT2D eigenvalue weighted by Gasteiger charge is -2.14. The number of aromatic nitrogens is 1. The molecule has 0 spiro atoms. The van der Waals surface area contributed by atoms with Gasteiger partial charge in [0, 0.05) is 30.1 Å².